The summed E-state index contributed by atoms with van der Waals surface area (Å²) in [5.41, 5.74) is 11.1. The summed E-state index contributed by atoms with van der Waals surface area (Å²) in [6, 6.07) is 41.0. The Hall–Kier alpha value is -2.44. The van der Waals surface area contributed by atoms with Crippen LogP contribution in [0.3, 0.4) is 0 Å². The first kappa shape index (κ1) is 45.6. The van der Waals surface area contributed by atoms with Gasteiger partial charge in [0.1, 0.15) is 0 Å². The van der Waals surface area contributed by atoms with Crippen LogP contribution in [0, 0.1) is 25.7 Å². The molecule has 0 atom stereocenters. The Morgan fingerprint density at radius 2 is 0.880 bits per heavy atom. The predicted molar refractivity (Wildman–Crippen MR) is 210 cm³/mol. The van der Waals surface area contributed by atoms with E-state index in [1.807, 2.05) is 0 Å². The van der Waals surface area contributed by atoms with Gasteiger partial charge in [0.15, 0.2) is 0 Å². The molecule has 6 rings (SSSR count). The Bertz CT molecular complexity index is 1650. The van der Waals surface area contributed by atoms with Crippen LogP contribution in [0.1, 0.15) is 83.1 Å². The summed E-state index contributed by atoms with van der Waals surface area (Å²) in [7, 11) is 0. The molecule has 0 spiro atoms. The zero-order valence-electron chi connectivity index (χ0n) is 31.2. The zero-order valence-corrected chi connectivity index (χ0v) is 35.1. The third-order valence-electron chi connectivity index (χ3n) is 8.52. The third kappa shape index (κ3) is 13.0. The first-order valence-corrected chi connectivity index (χ1v) is 17.9. The molecule has 0 aliphatic heterocycles. The van der Waals surface area contributed by atoms with Gasteiger partial charge in [0.2, 0.25) is 0 Å². The smallest absolute Gasteiger partial charge is 1.00 e. The zero-order chi connectivity index (χ0) is 33.8. The van der Waals surface area contributed by atoms with Crippen molar-refractivity contribution >= 4 is 21.5 Å². The minimum atomic E-state index is 0. The Balaban J connectivity index is 0.000000439. The van der Waals surface area contributed by atoms with Crippen molar-refractivity contribution < 1.29 is 51.0 Å². The normalized spacial score (nSPS) is 10.4. The van der Waals surface area contributed by atoms with E-state index in [9.17, 15) is 0 Å². The van der Waals surface area contributed by atoms with E-state index in [1.54, 1.807) is 0 Å². The van der Waals surface area contributed by atoms with Crippen LogP contribution in [0.4, 0.5) is 0 Å². The van der Waals surface area contributed by atoms with E-state index in [1.165, 1.54) is 91.7 Å². The molecule has 0 saturated heterocycles. The van der Waals surface area contributed by atoms with Crippen molar-refractivity contribution in [3.8, 4) is 22.3 Å². The monoisotopic (exact) mass is 780 g/mol. The topological polar surface area (TPSA) is 0 Å². The fraction of sp³-hybridized carbons (Fsp3) is 0.319. The maximum absolute atomic E-state index is 3.38. The van der Waals surface area contributed by atoms with Gasteiger partial charge in [0.25, 0.3) is 0 Å². The van der Waals surface area contributed by atoms with E-state index in [-0.39, 0.29) is 51.0 Å². The molecule has 0 nitrogen and oxygen atoms in total. The van der Waals surface area contributed by atoms with Crippen LogP contribution in [0.15, 0.2) is 109 Å². The van der Waals surface area contributed by atoms with Gasteiger partial charge < -0.3 is 45.1 Å². The Morgan fingerprint density at radius 3 is 1.18 bits per heavy atom. The quantitative estimate of drug-likeness (QED) is 0.125. The number of hydrogen-bond acceptors (Lipinski definition) is 0. The Labute approximate surface area is 336 Å². The number of rotatable bonds is 10. The third-order valence-corrected chi connectivity index (χ3v) is 8.52. The Kier molecular flexibility index (Phi) is 21.1. The second-order valence-corrected chi connectivity index (χ2v) is 13.8. The fourth-order valence-electron chi connectivity index (χ4n) is 6.55. The second-order valence-electron chi connectivity index (χ2n) is 13.8. The molecular formula is C47H56Cl2Zr-4. The molecule has 0 aliphatic rings. The van der Waals surface area contributed by atoms with Gasteiger partial charge in [-0.2, -0.15) is 12.1 Å². The average molecular weight is 783 g/mol. The average Bonchev–Trinajstić information content (AvgIpc) is 3.65. The molecule has 0 amide bonds. The van der Waals surface area contributed by atoms with Crippen molar-refractivity contribution in [1.82, 2.24) is 0 Å². The van der Waals surface area contributed by atoms with Crippen LogP contribution in [0.25, 0.3) is 43.8 Å². The molecule has 0 fully saturated rings. The molecule has 0 heterocycles. The number of aryl methyl sites for hydroxylation is 2. The molecule has 266 valence electrons. The molecule has 0 bridgehead atoms. The van der Waals surface area contributed by atoms with Crippen molar-refractivity contribution in [2.75, 3.05) is 0 Å². The number of benzene rings is 4. The summed E-state index contributed by atoms with van der Waals surface area (Å²) in [5, 5.41) is 5.51. The van der Waals surface area contributed by atoms with Gasteiger partial charge in [-0.15, -0.1) is 69.1 Å². The molecular weight excluding hydrogens is 727 g/mol. The van der Waals surface area contributed by atoms with Crippen molar-refractivity contribution in [1.29, 1.82) is 0 Å². The van der Waals surface area contributed by atoms with E-state index in [2.05, 4.69) is 165 Å². The van der Waals surface area contributed by atoms with Crippen LogP contribution < -0.4 is 24.8 Å². The first-order valence-electron chi connectivity index (χ1n) is 17.9. The maximum Gasteiger partial charge on any atom is 2.00 e. The van der Waals surface area contributed by atoms with E-state index in [0.717, 1.165) is 19.3 Å². The summed E-state index contributed by atoms with van der Waals surface area (Å²) in [4.78, 5) is 0. The summed E-state index contributed by atoms with van der Waals surface area (Å²) < 4.78 is 0. The molecule has 6 aromatic rings. The van der Waals surface area contributed by atoms with Gasteiger partial charge in [-0.25, -0.2) is 0 Å². The van der Waals surface area contributed by atoms with Gasteiger partial charge in [-0.3, -0.25) is 0 Å². The molecule has 3 heteroatoms. The van der Waals surface area contributed by atoms with Gasteiger partial charge in [0, 0.05) is 0 Å². The van der Waals surface area contributed by atoms with Gasteiger partial charge >= 0.3 is 26.2 Å². The molecule has 0 radical (unpaired) electrons. The number of hydrogen-bond donors (Lipinski definition) is 0. The van der Waals surface area contributed by atoms with E-state index in [4.69, 9.17) is 0 Å². The van der Waals surface area contributed by atoms with Gasteiger partial charge in [-0.1, -0.05) is 126 Å². The minimum absolute atomic E-state index is 0. The standard InChI is InChI=1S/2C22H25.C3H6.2ClH.Zr/c2*1-4-6-17-9-11-19(12-10-17)21-8-5-7-20-14-18(13-16(2)3)15-22(20)21;1-3-2;;;/h2*5,7-12,14-16H,4,6,13H2,1-3H3;1-3H2;2*1H;/q2*-1;-2;;;+2/p-2. The molecule has 0 unspecified atom stereocenters. The van der Waals surface area contributed by atoms with E-state index in [0.29, 0.717) is 11.8 Å². The summed E-state index contributed by atoms with van der Waals surface area (Å²) in [6.45, 7) is 20.3. The number of halogens is 2. The summed E-state index contributed by atoms with van der Waals surface area (Å²) in [6.07, 6.45) is 7.80. The second kappa shape index (κ2) is 23.2. The summed E-state index contributed by atoms with van der Waals surface area (Å²) >= 11 is 0. The molecule has 0 aromatic heterocycles. The van der Waals surface area contributed by atoms with Crippen molar-refractivity contribution in [2.45, 2.75) is 86.5 Å². The number of fused-ring (bicyclic) bond motifs is 2. The van der Waals surface area contributed by atoms with Crippen LogP contribution in [0.2, 0.25) is 0 Å². The SMILES string of the molecule is CCCc1ccc(-c2cccc3[cH-]c(CC(C)C)cc23)cc1.CCCc1ccc(-c2cccc3[cH-]c(CC(C)C)cc23)cc1.[CH2-]C[CH2-].[Cl-].[Cl-].[Zr+2]. The predicted octanol–water partition coefficient (Wildman–Crippen LogP) is 7.80. The van der Waals surface area contributed by atoms with Crippen LogP contribution in [0.5, 0.6) is 0 Å². The van der Waals surface area contributed by atoms with Crippen molar-refractivity contribution in [3.05, 3.63) is 145 Å². The van der Waals surface area contributed by atoms with Crippen molar-refractivity contribution in [2.24, 2.45) is 11.8 Å². The minimum Gasteiger partial charge on any atom is -1.00 e. The molecule has 0 saturated carbocycles. The van der Waals surface area contributed by atoms with E-state index >= 15 is 0 Å². The molecule has 50 heavy (non-hydrogen) atoms. The van der Waals surface area contributed by atoms with Gasteiger partial charge in [-0.05, 0) is 59.8 Å². The molecule has 0 aliphatic carbocycles. The van der Waals surface area contributed by atoms with Crippen LogP contribution in [-0.4, -0.2) is 0 Å². The van der Waals surface area contributed by atoms with Gasteiger partial charge in [0.05, 0.1) is 0 Å². The fourth-order valence-corrected chi connectivity index (χ4v) is 6.55. The summed E-state index contributed by atoms with van der Waals surface area (Å²) in [5.74, 6) is 1.40. The van der Waals surface area contributed by atoms with Crippen LogP contribution in [-0.2, 0) is 51.9 Å². The van der Waals surface area contributed by atoms with Crippen molar-refractivity contribution in [3.63, 3.8) is 0 Å². The molecule has 6 aromatic carbocycles. The first-order chi connectivity index (χ1) is 22.8. The van der Waals surface area contributed by atoms with Crippen LogP contribution >= 0.6 is 0 Å². The largest absolute Gasteiger partial charge is 2.00 e. The maximum atomic E-state index is 3.38. The van der Waals surface area contributed by atoms with E-state index < -0.39 is 0 Å². The molecule has 0 N–H and O–H groups in total. The Morgan fingerprint density at radius 1 is 0.540 bits per heavy atom.